The van der Waals surface area contributed by atoms with Crippen molar-refractivity contribution in [2.75, 3.05) is 24.8 Å². The van der Waals surface area contributed by atoms with Crippen LogP contribution in [0.5, 0.6) is 5.75 Å². The van der Waals surface area contributed by atoms with Crippen LogP contribution in [0.3, 0.4) is 0 Å². The highest BCUT2D eigenvalue weighted by molar-refractivity contribution is 5.62. The first-order valence-corrected chi connectivity index (χ1v) is 6.52. The van der Waals surface area contributed by atoms with Gasteiger partial charge in [0.15, 0.2) is 0 Å². The molecule has 2 rings (SSSR count). The van der Waals surface area contributed by atoms with E-state index in [1.807, 2.05) is 18.2 Å². The largest absolute Gasteiger partial charge is 0.495 e. The predicted octanol–water partition coefficient (Wildman–Crippen LogP) is 2.38. The molecule has 1 aromatic carbocycles. The molecule has 0 radical (unpaired) electrons. The molecule has 4 N–H and O–H groups in total. The summed E-state index contributed by atoms with van der Waals surface area (Å²) in [6.45, 7) is 0.166. The van der Waals surface area contributed by atoms with Crippen molar-refractivity contribution in [1.29, 1.82) is 0 Å². The van der Waals surface area contributed by atoms with Gasteiger partial charge < -0.3 is 20.9 Å². The van der Waals surface area contributed by atoms with Crippen molar-refractivity contribution in [3.8, 4) is 5.75 Å². The van der Waals surface area contributed by atoms with Gasteiger partial charge in [-0.3, -0.25) is 0 Å². The molecule has 0 aromatic heterocycles. The first-order valence-electron chi connectivity index (χ1n) is 6.52. The number of hydrogen-bond donors (Lipinski definition) is 3. The van der Waals surface area contributed by atoms with Crippen molar-refractivity contribution in [3.05, 3.63) is 18.2 Å². The fourth-order valence-electron chi connectivity index (χ4n) is 2.65. The molecule has 0 heterocycles. The number of anilines is 2. The minimum atomic E-state index is -0.181. The average molecular weight is 250 g/mol. The number of nitrogens with two attached hydrogens (primary N) is 1. The smallest absolute Gasteiger partial charge is 0.143 e. The molecule has 1 aliphatic carbocycles. The first-order chi connectivity index (χ1) is 8.69. The zero-order valence-electron chi connectivity index (χ0n) is 10.9. The summed E-state index contributed by atoms with van der Waals surface area (Å²) in [6, 6.07) is 5.65. The number of nitrogen functional groups attached to an aromatic ring is 1. The molecule has 1 aliphatic rings. The highest BCUT2D eigenvalue weighted by atomic mass is 16.5. The summed E-state index contributed by atoms with van der Waals surface area (Å²) in [6.07, 6.45) is 5.61. The van der Waals surface area contributed by atoms with Crippen LogP contribution in [0, 0.1) is 0 Å². The fourth-order valence-corrected chi connectivity index (χ4v) is 2.65. The summed E-state index contributed by atoms with van der Waals surface area (Å²) in [5.74, 6) is 0.670. The molecule has 18 heavy (non-hydrogen) atoms. The van der Waals surface area contributed by atoms with Crippen molar-refractivity contribution in [2.24, 2.45) is 0 Å². The number of methoxy groups -OCH3 is 1. The second-order valence-electron chi connectivity index (χ2n) is 5.08. The molecule has 0 amide bonds. The monoisotopic (exact) mass is 250 g/mol. The molecule has 0 spiro atoms. The third kappa shape index (κ3) is 2.70. The van der Waals surface area contributed by atoms with E-state index in [1.165, 1.54) is 19.3 Å². The summed E-state index contributed by atoms with van der Waals surface area (Å²) < 4.78 is 5.21. The van der Waals surface area contributed by atoms with Crippen LogP contribution in [0.25, 0.3) is 0 Å². The average Bonchev–Trinajstić information content (AvgIpc) is 2.42. The zero-order valence-corrected chi connectivity index (χ0v) is 10.9. The van der Waals surface area contributed by atoms with E-state index in [4.69, 9.17) is 10.5 Å². The Kier molecular flexibility index (Phi) is 3.97. The van der Waals surface area contributed by atoms with Gasteiger partial charge in [-0.05, 0) is 25.0 Å². The van der Waals surface area contributed by atoms with Gasteiger partial charge in [0.2, 0.25) is 0 Å². The number of nitrogens with one attached hydrogen (secondary N) is 1. The molecule has 0 atom stereocenters. The van der Waals surface area contributed by atoms with E-state index in [-0.39, 0.29) is 12.1 Å². The number of aliphatic hydroxyl groups is 1. The normalized spacial score (nSPS) is 18.3. The zero-order chi connectivity index (χ0) is 13.0. The lowest BCUT2D eigenvalue weighted by Gasteiger charge is -2.37. The molecule has 100 valence electrons. The second-order valence-corrected chi connectivity index (χ2v) is 5.08. The Morgan fingerprint density at radius 1 is 1.33 bits per heavy atom. The van der Waals surface area contributed by atoms with Crippen LogP contribution in [0.1, 0.15) is 32.1 Å². The third-order valence-corrected chi connectivity index (χ3v) is 3.76. The van der Waals surface area contributed by atoms with Crippen LogP contribution in [-0.2, 0) is 0 Å². The standard InChI is InChI=1S/C14H22N2O2/c1-18-13-9-11(5-6-12(13)15)16-14(10-17)7-3-2-4-8-14/h5-6,9,16-17H,2-4,7-8,10,15H2,1H3. The first kappa shape index (κ1) is 13.0. The molecule has 0 aliphatic heterocycles. The quantitative estimate of drug-likeness (QED) is 0.718. The minimum Gasteiger partial charge on any atom is -0.495 e. The van der Waals surface area contributed by atoms with Crippen molar-refractivity contribution in [3.63, 3.8) is 0 Å². The summed E-state index contributed by atoms with van der Waals surface area (Å²) in [5, 5.41) is 13.1. The van der Waals surface area contributed by atoms with E-state index in [1.54, 1.807) is 7.11 Å². The Morgan fingerprint density at radius 3 is 2.67 bits per heavy atom. The number of aliphatic hydroxyl groups excluding tert-OH is 1. The number of rotatable bonds is 4. The highest BCUT2D eigenvalue weighted by Crippen LogP contribution is 2.33. The van der Waals surface area contributed by atoms with Gasteiger partial charge in [-0.2, -0.15) is 0 Å². The summed E-state index contributed by atoms with van der Waals surface area (Å²) in [4.78, 5) is 0. The Hall–Kier alpha value is -1.42. The van der Waals surface area contributed by atoms with E-state index < -0.39 is 0 Å². The third-order valence-electron chi connectivity index (χ3n) is 3.76. The van der Waals surface area contributed by atoms with Gasteiger partial charge in [0.1, 0.15) is 5.75 Å². The lowest BCUT2D eigenvalue weighted by molar-refractivity contribution is 0.173. The molecule has 4 heteroatoms. The van der Waals surface area contributed by atoms with Gasteiger partial charge in [-0.15, -0.1) is 0 Å². The second kappa shape index (κ2) is 5.48. The van der Waals surface area contributed by atoms with E-state index >= 15 is 0 Å². The Morgan fingerprint density at radius 2 is 2.06 bits per heavy atom. The topological polar surface area (TPSA) is 67.5 Å². The van der Waals surface area contributed by atoms with Crippen molar-refractivity contribution in [1.82, 2.24) is 0 Å². The van der Waals surface area contributed by atoms with Crippen molar-refractivity contribution in [2.45, 2.75) is 37.6 Å². The van der Waals surface area contributed by atoms with E-state index in [9.17, 15) is 5.11 Å². The van der Waals surface area contributed by atoms with Gasteiger partial charge in [-0.1, -0.05) is 19.3 Å². The lowest BCUT2D eigenvalue weighted by Crippen LogP contribution is -2.43. The van der Waals surface area contributed by atoms with Crippen LogP contribution < -0.4 is 15.8 Å². The molecule has 0 unspecified atom stereocenters. The maximum absolute atomic E-state index is 9.67. The summed E-state index contributed by atoms with van der Waals surface area (Å²) in [7, 11) is 1.61. The van der Waals surface area contributed by atoms with Crippen LogP contribution in [0.2, 0.25) is 0 Å². The molecule has 1 fully saturated rings. The van der Waals surface area contributed by atoms with Gasteiger partial charge in [-0.25, -0.2) is 0 Å². The minimum absolute atomic E-state index is 0.166. The van der Waals surface area contributed by atoms with Gasteiger partial charge in [0, 0.05) is 11.8 Å². The summed E-state index contributed by atoms with van der Waals surface area (Å²) in [5.41, 5.74) is 7.20. The van der Waals surface area contributed by atoms with Crippen molar-refractivity contribution >= 4 is 11.4 Å². The van der Waals surface area contributed by atoms with Crippen LogP contribution in [-0.4, -0.2) is 24.4 Å². The Bertz CT molecular complexity index is 401. The summed E-state index contributed by atoms with van der Waals surface area (Å²) >= 11 is 0. The molecular formula is C14H22N2O2. The van der Waals surface area contributed by atoms with Crippen molar-refractivity contribution < 1.29 is 9.84 Å². The number of benzene rings is 1. The fraction of sp³-hybridized carbons (Fsp3) is 0.571. The van der Waals surface area contributed by atoms with Crippen LogP contribution in [0.4, 0.5) is 11.4 Å². The van der Waals surface area contributed by atoms with Crippen LogP contribution in [0.15, 0.2) is 18.2 Å². The number of ether oxygens (including phenoxy) is 1. The highest BCUT2D eigenvalue weighted by Gasteiger charge is 2.31. The molecular weight excluding hydrogens is 228 g/mol. The van der Waals surface area contributed by atoms with E-state index in [0.717, 1.165) is 18.5 Å². The molecule has 0 saturated heterocycles. The predicted molar refractivity (Wildman–Crippen MR) is 73.9 cm³/mol. The maximum Gasteiger partial charge on any atom is 0.143 e. The number of hydrogen-bond acceptors (Lipinski definition) is 4. The van der Waals surface area contributed by atoms with Gasteiger partial charge in [0.25, 0.3) is 0 Å². The molecule has 1 aromatic rings. The molecule has 0 bridgehead atoms. The molecule has 4 nitrogen and oxygen atoms in total. The Labute approximate surface area is 108 Å². The van der Waals surface area contributed by atoms with E-state index in [2.05, 4.69) is 5.32 Å². The lowest BCUT2D eigenvalue weighted by atomic mass is 9.82. The molecule has 1 saturated carbocycles. The van der Waals surface area contributed by atoms with E-state index in [0.29, 0.717) is 11.4 Å². The maximum atomic E-state index is 9.67. The van der Waals surface area contributed by atoms with Crippen LogP contribution >= 0.6 is 0 Å². The SMILES string of the molecule is COc1cc(NC2(CO)CCCCC2)ccc1N. The Balaban J connectivity index is 2.16. The van der Waals surface area contributed by atoms with Gasteiger partial charge >= 0.3 is 0 Å². The van der Waals surface area contributed by atoms with Gasteiger partial charge in [0.05, 0.1) is 24.9 Å².